The number of nitrogens with zero attached hydrogens (tertiary/aromatic N) is 3. The molecule has 2 aromatic carbocycles. The number of ether oxygens (including phenoxy) is 1. The fourth-order valence-electron chi connectivity index (χ4n) is 3.25. The lowest BCUT2D eigenvalue weighted by Gasteiger charge is -2.37. The lowest BCUT2D eigenvalue weighted by atomic mass is 10.2. The molecule has 0 aromatic heterocycles. The number of hydrogen-bond donors (Lipinski definition) is 2. The van der Waals surface area contributed by atoms with E-state index >= 15 is 0 Å². The van der Waals surface area contributed by atoms with Crippen LogP contribution in [0.3, 0.4) is 0 Å². The van der Waals surface area contributed by atoms with E-state index in [4.69, 9.17) is 4.74 Å². The summed E-state index contributed by atoms with van der Waals surface area (Å²) in [5, 5.41) is 5.75. The first-order valence-electron chi connectivity index (χ1n) is 9.49. The molecule has 3 rings (SSSR count). The first kappa shape index (κ1) is 23.7. The van der Waals surface area contributed by atoms with E-state index in [0.717, 1.165) is 37.6 Å². The van der Waals surface area contributed by atoms with Crippen LogP contribution in [0.1, 0.15) is 0 Å². The molecule has 0 unspecified atom stereocenters. The summed E-state index contributed by atoms with van der Waals surface area (Å²) in [6, 6.07) is 13.8. The van der Waals surface area contributed by atoms with Crippen molar-refractivity contribution in [3.05, 3.63) is 54.3 Å². The minimum atomic E-state index is -0.388. The molecule has 0 aliphatic carbocycles. The Morgan fingerprint density at radius 1 is 1.13 bits per heavy atom. The highest BCUT2D eigenvalue weighted by Crippen LogP contribution is 2.22. The van der Waals surface area contributed by atoms with Crippen LogP contribution in [-0.4, -0.2) is 63.6 Å². The number of carbonyl (C=O) groups excluding carboxylic acids is 1. The smallest absolute Gasteiger partial charge is 0.243 e. The summed E-state index contributed by atoms with van der Waals surface area (Å²) < 4.78 is 18.5. The van der Waals surface area contributed by atoms with Gasteiger partial charge in [-0.15, -0.1) is 24.0 Å². The average molecular weight is 527 g/mol. The van der Waals surface area contributed by atoms with E-state index in [9.17, 15) is 9.18 Å². The standard InChI is InChI=1S/C21H26FN5O2.HI/c1-23-21(24-15-20(28)25-17-6-3-5-16(22)13-17)27-11-9-26(10-12-27)18-7-4-8-19(14-18)29-2;/h3-8,13-14H,9-12,15H2,1-2H3,(H,23,24)(H,25,28);1H. The maximum atomic E-state index is 13.2. The van der Waals surface area contributed by atoms with E-state index in [1.807, 2.05) is 18.2 Å². The number of rotatable bonds is 5. The molecule has 9 heteroatoms. The Kier molecular flexibility index (Phi) is 9.15. The van der Waals surface area contributed by atoms with Gasteiger partial charge in [0.1, 0.15) is 11.6 Å². The van der Waals surface area contributed by atoms with Gasteiger partial charge in [-0.2, -0.15) is 0 Å². The predicted molar refractivity (Wildman–Crippen MR) is 129 cm³/mol. The molecule has 1 amide bonds. The van der Waals surface area contributed by atoms with Crippen molar-refractivity contribution in [3.8, 4) is 5.75 Å². The third kappa shape index (κ3) is 6.48. The molecule has 30 heavy (non-hydrogen) atoms. The quantitative estimate of drug-likeness (QED) is 0.356. The third-order valence-corrected chi connectivity index (χ3v) is 4.72. The highest BCUT2D eigenvalue weighted by Gasteiger charge is 2.20. The monoisotopic (exact) mass is 527 g/mol. The van der Waals surface area contributed by atoms with Gasteiger partial charge in [-0.1, -0.05) is 12.1 Å². The Morgan fingerprint density at radius 3 is 2.53 bits per heavy atom. The molecule has 1 heterocycles. The molecule has 0 radical (unpaired) electrons. The normalized spacial score (nSPS) is 14.0. The van der Waals surface area contributed by atoms with Crippen LogP contribution in [-0.2, 0) is 4.79 Å². The first-order chi connectivity index (χ1) is 14.1. The minimum absolute atomic E-state index is 0. The van der Waals surface area contributed by atoms with Gasteiger partial charge in [0, 0.05) is 50.7 Å². The Labute approximate surface area is 193 Å². The van der Waals surface area contributed by atoms with Gasteiger partial charge in [0.15, 0.2) is 5.96 Å². The van der Waals surface area contributed by atoms with Gasteiger partial charge in [-0.05, 0) is 30.3 Å². The summed E-state index contributed by atoms with van der Waals surface area (Å²) in [5.74, 6) is 0.864. The number of amides is 1. The van der Waals surface area contributed by atoms with Crippen molar-refractivity contribution in [1.82, 2.24) is 10.2 Å². The van der Waals surface area contributed by atoms with Gasteiger partial charge >= 0.3 is 0 Å². The van der Waals surface area contributed by atoms with E-state index in [2.05, 4.69) is 31.5 Å². The Morgan fingerprint density at radius 2 is 1.87 bits per heavy atom. The molecule has 162 valence electrons. The molecule has 0 atom stereocenters. The van der Waals surface area contributed by atoms with Gasteiger partial charge in [-0.25, -0.2) is 4.39 Å². The van der Waals surface area contributed by atoms with Crippen molar-refractivity contribution in [3.63, 3.8) is 0 Å². The molecular formula is C21H27FIN5O2. The van der Waals surface area contributed by atoms with Crippen LogP contribution in [0.25, 0.3) is 0 Å². The van der Waals surface area contributed by atoms with Crippen LogP contribution < -0.4 is 20.3 Å². The average Bonchev–Trinajstić information content (AvgIpc) is 2.74. The van der Waals surface area contributed by atoms with Gasteiger partial charge in [0.2, 0.25) is 5.91 Å². The van der Waals surface area contributed by atoms with Crippen LogP contribution in [0, 0.1) is 5.82 Å². The summed E-state index contributed by atoms with van der Waals surface area (Å²) >= 11 is 0. The topological polar surface area (TPSA) is 69.2 Å². The van der Waals surface area contributed by atoms with Crippen LogP contribution >= 0.6 is 24.0 Å². The minimum Gasteiger partial charge on any atom is -0.497 e. The van der Waals surface area contributed by atoms with Crippen LogP contribution in [0.5, 0.6) is 5.75 Å². The zero-order valence-electron chi connectivity index (χ0n) is 17.1. The predicted octanol–water partition coefficient (Wildman–Crippen LogP) is 2.79. The molecule has 1 aliphatic heterocycles. The van der Waals surface area contributed by atoms with Gasteiger partial charge in [0.05, 0.1) is 13.7 Å². The summed E-state index contributed by atoms with van der Waals surface area (Å²) in [7, 11) is 3.36. The van der Waals surface area contributed by atoms with E-state index in [-0.39, 0.29) is 42.2 Å². The lowest BCUT2D eigenvalue weighted by molar-refractivity contribution is -0.115. The van der Waals surface area contributed by atoms with Crippen molar-refractivity contribution in [2.45, 2.75) is 0 Å². The number of guanidine groups is 1. The molecular weight excluding hydrogens is 500 g/mol. The summed E-state index contributed by atoms with van der Waals surface area (Å²) in [6.07, 6.45) is 0. The number of piperazine rings is 1. The zero-order valence-corrected chi connectivity index (χ0v) is 19.4. The SMILES string of the molecule is CN=C(NCC(=O)Nc1cccc(F)c1)N1CCN(c2cccc(OC)c2)CC1.I. The van der Waals surface area contributed by atoms with Crippen LogP contribution in [0.4, 0.5) is 15.8 Å². The number of benzene rings is 2. The molecule has 0 saturated carbocycles. The van der Waals surface area contributed by atoms with Gasteiger partial charge in [-0.3, -0.25) is 9.79 Å². The highest BCUT2D eigenvalue weighted by molar-refractivity contribution is 14.0. The maximum Gasteiger partial charge on any atom is 0.243 e. The molecule has 1 fully saturated rings. The first-order valence-corrected chi connectivity index (χ1v) is 9.49. The summed E-state index contributed by atoms with van der Waals surface area (Å²) in [6.45, 7) is 3.29. The molecule has 2 aromatic rings. The number of halogens is 2. The third-order valence-electron chi connectivity index (χ3n) is 4.72. The summed E-state index contributed by atoms with van der Waals surface area (Å²) in [4.78, 5) is 20.8. The number of carbonyl (C=O) groups is 1. The number of nitrogens with one attached hydrogen (secondary N) is 2. The van der Waals surface area contributed by atoms with E-state index in [0.29, 0.717) is 11.6 Å². The second-order valence-corrected chi connectivity index (χ2v) is 6.63. The molecule has 0 spiro atoms. The summed E-state index contributed by atoms with van der Waals surface area (Å²) in [5.41, 5.74) is 1.56. The van der Waals surface area contributed by atoms with Gasteiger partial charge in [0.25, 0.3) is 0 Å². The van der Waals surface area contributed by atoms with Crippen molar-refractivity contribution < 1.29 is 13.9 Å². The number of methoxy groups -OCH3 is 1. The highest BCUT2D eigenvalue weighted by atomic mass is 127. The largest absolute Gasteiger partial charge is 0.497 e. The Balaban J connectivity index is 0.00000320. The van der Waals surface area contributed by atoms with Crippen LogP contribution in [0.15, 0.2) is 53.5 Å². The number of hydrogen-bond acceptors (Lipinski definition) is 4. The molecule has 1 saturated heterocycles. The van der Waals surface area contributed by atoms with Gasteiger partial charge < -0.3 is 25.2 Å². The fourth-order valence-corrected chi connectivity index (χ4v) is 3.25. The fraction of sp³-hybridized carbons (Fsp3) is 0.333. The Hall–Kier alpha value is -2.56. The van der Waals surface area contributed by atoms with E-state index in [1.165, 1.54) is 12.1 Å². The van der Waals surface area contributed by atoms with E-state index < -0.39 is 0 Å². The second kappa shape index (κ2) is 11.6. The lowest BCUT2D eigenvalue weighted by Crippen LogP contribution is -2.53. The Bertz CT molecular complexity index is 872. The molecule has 2 N–H and O–H groups in total. The van der Waals surface area contributed by atoms with Crippen molar-refractivity contribution in [2.24, 2.45) is 4.99 Å². The van der Waals surface area contributed by atoms with E-state index in [1.54, 1.807) is 26.3 Å². The number of aliphatic imine (C=N–C) groups is 1. The van der Waals surface area contributed by atoms with Crippen molar-refractivity contribution in [2.75, 3.05) is 57.1 Å². The molecule has 0 bridgehead atoms. The second-order valence-electron chi connectivity index (χ2n) is 6.63. The van der Waals surface area contributed by atoms with Crippen molar-refractivity contribution >= 4 is 47.2 Å². The number of anilines is 2. The van der Waals surface area contributed by atoms with Crippen molar-refractivity contribution in [1.29, 1.82) is 0 Å². The zero-order chi connectivity index (χ0) is 20.6. The van der Waals surface area contributed by atoms with Crippen LogP contribution in [0.2, 0.25) is 0 Å². The molecule has 7 nitrogen and oxygen atoms in total. The molecule has 1 aliphatic rings. The maximum absolute atomic E-state index is 13.2.